The summed E-state index contributed by atoms with van der Waals surface area (Å²) >= 11 is 0. The topological polar surface area (TPSA) is 17.8 Å². The summed E-state index contributed by atoms with van der Waals surface area (Å²) in [4.78, 5) is 0. The van der Waals surface area contributed by atoms with Crippen LogP contribution in [0.5, 0.6) is 0 Å². The van der Waals surface area contributed by atoms with Crippen LogP contribution in [0.1, 0.15) is 0 Å². The molecule has 0 unspecified atom stereocenters. The molecule has 0 aromatic carbocycles. The molecule has 5 heteroatoms. The lowest BCUT2D eigenvalue weighted by Gasteiger charge is -2.02. The van der Waals surface area contributed by atoms with Crippen molar-refractivity contribution in [2.75, 3.05) is 0 Å². The quantitative estimate of drug-likeness (QED) is 0.516. The van der Waals surface area contributed by atoms with Crippen LogP contribution in [0.25, 0.3) is 0 Å². The molecule has 2 radical (unpaired) electrons. The molecule has 1 heterocycles. The van der Waals surface area contributed by atoms with Gasteiger partial charge in [0.05, 0.1) is 6.20 Å². The Bertz CT molecular complexity index is 176. The Balaban J connectivity index is 2.90. The first-order chi connectivity index (χ1) is 4.11. The van der Waals surface area contributed by atoms with Gasteiger partial charge in [-0.1, -0.05) is 0 Å². The number of hydrogen-bond acceptors (Lipinski definition) is 1. The van der Waals surface area contributed by atoms with Gasteiger partial charge < -0.3 is 0 Å². The number of nitrogens with zero attached hydrogens (tertiary/aromatic N) is 2. The molecule has 0 fully saturated rings. The Morgan fingerprint density at radius 1 is 1.44 bits per heavy atom. The minimum atomic E-state index is -4.46. The highest BCUT2D eigenvalue weighted by molar-refractivity contribution is 4.73. The van der Waals surface area contributed by atoms with E-state index in [4.69, 9.17) is 0 Å². The molecule has 1 aromatic heterocycles. The van der Waals surface area contributed by atoms with Gasteiger partial charge in [0.1, 0.15) is 6.20 Å². The third-order valence-electron chi connectivity index (χ3n) is 0.649. The van der Waals surface area contributed by atoms with Gasteiger partial charge in [-0.15, -0.1) is 13.2 Å². The maximum atomic E-state index is 11.5. The van der Waals surface area contributed by atoms with E-state index in [1.54, 1.807) is 6.20 Å². The van der Waals surface area contributed by atoms with Crippen LogP contribution in [0.4, 0.5) is 13.2 Å². The Hall–Kier alpha value is -1.00. The van der Waals surface area contributed by atoms with Crippen molar-refractivity contribution in [3.63, 3.8) is 0 Å². The maximum Gasteiger partial charge on any atom is 0.505 e. The predicted molar refractivity (Wildman–Crippen MR) is 21.2 cm³/mol. The average molecular weight is 134 g/mol. The molecule has 0 saturated carbocycles. The summed E-state index contributed by atoms with van der Waals surface area (Å²) in [5.41, 5.74) is 0. The molecule has 0 aliphatic heterocycles. The van der Waals surface area contributed by atoms with E-state index in [2.05, 4.69) is 5.10 Å². The molecule has 2 nitrogen and oxygen atoms in total. The van der Waals surface area contributed by atoms with Crippen molar-refractivity contribution in [1.29, 1.82) is 0 Å². The van der Waals surface area contributed by atoms with Crippen molar-refractivity contribution < 1.29 is 13.2 Å². The Morgan fingerprint density at radius 2 is 2.11 bits per heavy atom. The van der Waals surface area contributed by atoms with Gasteiger partial charge in [0.15, 0.2) is 0 Å². The molecule has 1 rings (SSSR count). The Labute approximate surface area is 48.9 Å². The summed E-state index contributed by atoms with van der Waals surface area (Å²) in [7, 11) is 0. The lowest BCUT2D eigenvalue weighted by Crippen LogP contribution is -2.16. The molecule has 48 valence electrons. The van der Waals surface area contributed by atoms with E-state index in [1.807, 2.05) is 6.20 Å². The molecule has 0 aliphatic rings. The van der Waals surface area contributed by atoms with E-state index >= 15 is 0 Å². The largest absolute Gasteiger partial charge is 0.505 e. The number of alkyl halides is 3. The van der Waals surface area contributed by atoms with Crippen molar-refractivity contribution >= 4 is 0 Å². The van der Waals surface area contributed by atoms with Crippen LogP contribution in [-0.2, 0) is 6.30 Å². The minimum Gasteiger partial charge on any atom is -0.169 e. The van der Waals surface area contributed by atoms with Gasteiger partial charge in [-0.3, -0.25) is 0 Å². The van der Waals surface area contributed by atoms with E-state index in [0.29, 0.717) is 0 Å². The molecular weight excluding hydrogens is 133 g/mol. The third-order valence-corrected chi connectivity index (χ3v) is 0.649. The summed E-state index contributed by atoms with van der Waals surface area (Å²) in [6, 6.07) is 0.966. The van der Waals surface area contributed by atoms with Crippen LogP contribution in [-0.4, -0.2) is 9.78 Å². The molecule has 1 aromatic rings. The van der Waals surface area contributed by atoms with E-state index in [1.165, 1.54) is 0 Å². The number of halogens is 3. The highest BCUT2D eigenvalue weighted by Gasteiger charge is 2.30. The van der Waals surface area contributed by atoms with E-state index < -0.39 is 6.30 Å². The van der Waals surface area contributed by atoms with Gasteiger partial charge in [-0.2, -0.15) is 9.78 Å². The molecule has 0 aliphatic carbocycles. The fourth-order valence-electron chi connectivity index (χ4n) is 0.335. The SMILES string of the molecule is FC(F)(F)n1[c]c[c]n1. The third kappa shape index (κ3) is 1.22. The minimum absolute atomic E-state index is 0.243. The number of rotatable bonds is 0. The summed E-state index contributed by atoms with van der Waals surface area (Å²) in [5.74, 6) is 0. The van der Waals surface area contributed by atoms with Crippen molar-refractivity contribution in [3.8, 4) is 0 Å². The van der Waals surface area contributed by atoms with Crippen molar-refractivity contribution in [2.24, 2.45) is 0 Å². The molecular formula is C4HF3N2. The fraction of sp³-hybridized carbons (Fsp3) is 0.250. The summed E-state index contributed by atoms with van der Waals surface area (Å²) < 4.78 is 34.2. The summed E-state index contributed by atoms with van der Waals surface area (Å²) in [6.07, 6.45) is -0.683. The van der Waals surface area contributed by atoms with Crippen LogP contribution >= 0.6 is 0 Å². The molecule has 0 bridgehead atoms. The zero-order valence-corrected chi connectivity index (χ0v) is 4.11. The fourth-order valence-corrected chi connectivity index (χ4v) is 0.335. The van der Waals surface area contributed by atoms with E-state index in [0.717, 1.165) is 6.07 Å². The standard InChI is InChI=1S/C4HF3N2/c5-4(6,7)9-3-1-2-8-9/h1H. The first-order valence-corrected chi connectivity index (χ1v) is 2.02. The smallest absolute Gasteiger partial charge is 0.169 e. The molecule has 0 spiro atoms. The van der Waals surface area contributed by atoms with Gasteiger partial charge in [0.2, 0.25) is 0 Å². The van der Waals surface area contributed by atoms with Crippen molar-refractivity contribution in [2.45, 2.75) is 6.30 Å². The lowest BCUT2D eigenvalue weighted by atomic mass is 10.8. The first kappa shape index (κ1) is 6.12. The predicted octanol–water partition coefficient (Wildman–Crippen LogP) is 0.960. The molecule has 0 atom stereocenters. The van der Waals surface area contributed by atoms with Crippen LogP contribution in [0.2, 0.25) is 0 Å². The van der Waals surface area contributed by atoms with Gasteiger partial charge in [-0.05, 0) is 6.07 Å². The van der Waals surface area contributed by atoms with E-state index in [-0.39, 0.29) is 4.68 Å². The van der Waals surface area contributed by atoms with Gasteiger partial charge in [0, 0.05) is 0 Å². The molecule has 0 amide bonds. The zero-order valence-electron chi connectivity index (χ0n) is 4.11. The number of aromatic nitrogens is 2. The zero-order chi connectivity index (χ0) is 6.91. The first-order valence-electron chi connectivity index (χ1n) is 2.02. The molecule has 9 heavy (non-hydrogen) atoms. The van der Waals surface area contributed by atoms with Gasteiger partial charge >= 0.3 is 6.30 Å². The second kappa shape index (κ2) is 1.75. The van der Waals surface area contributed by atoms with Gasteiger partial charge in [0.25, 0.3) is 0 Å². The Kier molecular flexibility index (Phi) is 1.19. The van der Waals surface area contributed by atoms with Crippen LogP contribution in [0.3, 0.4) is 0 Å². The van der Waals surface area contributed by atoms with Crippen LogP contribution < -0.4 is 0 Å². The lowest BCUT2D eigenvalue weighted by molar-refractivity contribution is -0.212. The maximum absolute atomic E-state index is 11.5. The summed E-state index contributed by atoms with van der Waals surface area (Å²) in [5, 5.41) is 2.80. The highest BCUT2D eigenvalue weighted by Crippen LogP contribution is 2.18. The number of hydrogen-bond donors (Lipinski definition) is 0. The normalized spacial score (nSPS) is 11.9. The van der Waals surface area contributed by atoms with Gasteiger partial charge in [-0.25, -0.2) is 0 Å². The molecule has 0 N–H and O–H groups in total. The van der Waals surface area contributed by atoms with Crippen LogP contribution in [0, 0.1) is 12.4 Å². The second-order valence-electron chi connectivity index (χ2n) is 1.28. The molecule has 0 saturated heterocycles. The Morgan fingerprint density at radius 3 is 2.33 bits per heavy atom. The monoisotopic (exact) mass is 134 g/mol. The van der Waals surface area contributed by atoms with Crippen molar-refractivity contribution in [3.05, 3.63) is 18.5 Å². The second-order valence-corrected chi connectivity index (χ2v) is 1.28. The van der Waals surface area contributed by atoms with Crippen molar-refractivity contribution in [1.82, 2.24) is 9.78 Å². The average Bonchev–Trinajstić information content (AvgIpc) is 2.08. The van der Waals surface area contributed by atoms with Crippen LogP contribution in [0.15, 0.2) is 6.07 Å². The summed E-state index contributed by atoms with van der Waals surface area (Å²) in [6.45, 7) is 0. The highest BCUT2D eigenvalue weighted by atomic mass is 19.4. The van der Waals surface area contributed by atoms with E-state index in [9.17, 15) is 13.2 Å².